The van der Waals surface area contributed by atoms with E-state index < -0.39 is 0 Å². The molecule has 0 aliphatic carbocycles. The Kier molecular flexibility index (Phi) is 3.33. The van der Waals surface area contributed by atoms with Crippen molar-refractivity contribution in [3.8, 4) is 0 Å². The number of cyclic esters (lactones) is 1. The standard InChI is InChI=1S/C13H17NO3/c1-9-4-3-5-12(10(9)2)14-11(8-15)6-7-17-13(14)16/h3-5,11,15H,6-8H2,1-2H3. The average Bonchev–Trinajstić information content (AvgIpc) is 2.33. The molecule has 0 spiro atoms. The highest BCUT2D eigenvalue weighted by molar-refractivity contribution is 5.90. The molecule has 1 aromatic rings. The second kappa shape index (κ2) is 4.75. The number of nitrogens with zero attached hydrogens (tertiary/aromatic N) is 1. The van der Waals surface area contributed by atoms with Gasteiger partial charge >= 0.3 is 6.09 Å². The molecule has 1 atom stereocenters. The van der Waals surface area contributed by atoms with Gasteiger partial charge in [0.2, 0.25) is 0 Å². The predicted molar refractivity (Wildman–Crippen MR) is 65.2 cm³/mol. The van der Waals surface area contributed by atoms with Gasteiger partial charge in [-0.3, -0.25) is 4.90 Å². The minimum atomic E-state index is -0.371. The van der Waals surface area contributed by atoms with Crippen molar-refractivity contribution in [2.75, 3.05) is 18.1 Å². The fourth-order valence-electron chi connectivity index (χ4n) is 2.09. The number of benzene rings is 1. The predicted octanol–water partition coefficient (Wildman–Crippen LogP) is 2.01. The first kappa shape index (κ1) is 11.9. The summed E-state index contributed by atoms with van der Waals surface area (Å²) in [7, 11) is 0. The molecule has 1 aromatic carbocycles. The van der Waals surface area contributed by atoms with Crippen LogP contribution in [0.5, 0.6) is 0 Å². The van der Waals surface area contributed by atoms with E-state index >= 15 is 0 Å². The summed E-state index contributed by atoms with van der Waals surface area (Å²) in [4.78, 5) is 13.4. The van der Waals surface area contributed by atoms with Crippen molar-refractivity contribution in [1.82, 2.24) is 0 Å². The summed E-state index contributed by atoms with van der Waals surface area (Å²) in [6, 6.07) is 5.62. The van der Waals surface area contributed by atoms with Gasteiger partial charge in [-0.25, -0.2) is 4.79 Å². The molecule has 4 nitrogen and oxygen atoms in total. The Morgan fingerprint density at radius 2 is 2.24 bits per heavy atom. The molecule has 1 unspecified atom stereocenters. The highest BCUT2D eigenvalue weighted by Crippen LogP contribution is 2.28. The molecule has 1 heterocycles. The van der Waals surface area contributed by atoms with E-state index in [-0.39, 0.29) is 18.7 Å². The second-order valence-electron chi connectivity index (χ2n) is 4.33. The molecule has 17 heavy (non-hydrogen) atoms. The normalized spacial score (nSPS) is 20.3. The van der Waals surface area contributed by atoms with Crippen molar-refractivity contribution < 1.29 is 14.6 Å². The molecule has 0 bridgehead atoms. The lowest BCUT2D eigenvalue weighted by atomic mass is 10.0. The van der Waals surface area contributed by atoms with Gasteiger partial charge in [-0.15, -0.1) is 0 Å². The maximum absolute atomic E-state index is 11.8. The van der Waals surface area contributed by atoms with E-state index in [2.05, 4.69) is 0 Å². The molecule has 1 saturated heterocycles. The van der Waals surface area contributed by atoms with Crippen LogP contribution in [0.4, 0.5) is 10.5 Å². The highest BCUT2D eigenvalue weighted by atomic mass is 16.6. The number of aliphatic hydroxyl groups is 1. The smallest absolute Gasteiger partial charge is 0.414 e. The lowest BCUT2D eigenvalue weighted by Crippen LogP contribution is -2.48. The van der Waals surface area contributed by atoms with Crippen molar-refractivity contribution in [1.29, 1.82) is 0 Å². The Morgan fingerprint density at radius 3 is 2.94 bits per heavy atom. The monoisotopic (exact) mass is 235 g/mol. The molecule has 0 aromatic heterocycles. The largest absolute Gasteiger partial charge is 0.449 e. The summed E-state index contributed by atoms with van der Waals surface area (Å²) < 4.78 is 5.05. The molecule has 92 valence electrons. The van der Waals surface area contributed by atoms with Crippen LogP contribution in [0.15, 0.2) is 18.2 Å². The van der Waals surface area contributed by atoms with Crippen LogP contribution in [0.25, 0.3) is 0 Å². The van der Waals surface area contributed by atoms with E-state index in [1.54, 1.807) is 4.90 Å². The number of amides is 1. The van der Waals surface area contributed by atoms with Crippen LogP contribution in [-0.2, 0) is 4.74 Å². The van der Waals surface area contributed by atoms with Gasteiger partial charge in [0.25, 0.3) is 0 Å². The molecule has 1 amide bonds. The Hall–Kier alpha value is -1.55. The zero-order chi connectivity index (χ0) is 12.4. The number of hydrogen-bond donors (Lipinski definition) is 1. The summed E-state index contributed by atoms with van der Waals surface area (Å²) in [5.74, 6) is 0. The first-order chi connectivity index (χ1) is 8.15. The molecule has 2 rings (SSSR count). The summed E-state index contributed by atoms with van der Waals surface area (Å²) in [5.41, 5.74) is 3.00. The Balaban J connectivity index is 2.41. The zero-order valence-electron chi connectivity index (χ0n) is 10.1. The topological polar surface area (TPSA) is 49.8 Å². The van der Waals surface area contributed by atoms with Gasteiger partial charge in [0, 0.05) is 6.42 Å². The number of rotatable bonds is 2. The highest BCUT2D eigenvalue weighted by Gasteiger charge is 2.31. The van der Waals surface area contributed by atoms with Crippen LogP contribution < -0.4 is 4.90 Å². The van der Waals surface area contributed by atoms with Crippen LogP contribution in [0.3, 0.4) is 0 Å². The SMILES string of the molecule is Cc1cccc(N2C(=O)OCCC2CO)c1C. The van der Waals surface area contributed by atoms with Crippen molar-refractivity contribution in [3.63, 3.8) is 0 Å². The summed E-state index contributed by atoms with van der Waals surface area (Å²) in [6.45, 7) is 4.32. The third-order valence-corrected chi connectivity index (χ3v) is 3.28. The molecular formula is C13H17NO3. The lowest BCUT2D eigenvalue weighted by Gasteiger charge is -2.34. The molecule has 1 N–H and O–H groups in total. The Bertz CT molecular complexity index is 431. The number of carbonyl (C=O) groups excluding carboxylic acids is 1. The van der Waals surface area contributed by atoms with Crippen LogP contribution in [0, 0.1) is 13.8 Å². The van der Waals surface area contributed by atoms with Gasteiger partial charge in [-0.1, -0.05) is 12.1 Å². The summed E-state index contributed by atoms with van der Waals surface area (Å²) >= 11 is 0. The third kappa shape index (κ3) is 2.13. The van der Waals surface area contributed by atoms with Crippen molar-refractivity contribution in [3.05, 3.63) is 29.3 Å². The maximum Gasteiger partial charge on any atom is 0.414 e. The van der Waals surface area contributed by atoms with Crippen molar-refractivity contribution >= 4 is 11.8 Å². The van der Waals surface area contributed by atoms with E-state index in [0.717, 1.165) is 16.8 Å². The van der Waals surface area contributed by atoms with Gasteiger partial charge in [0.15, 0.2) is 0 Å². The molecule has 1 aliphatic heterocycles. The minimum absolute atomic E-state index is 0.0392. The summed E-state index contributed by atoms with van der Waals surface area (Å²) in [6.07, 6.45) is 0.291. The van der Waals surface area contributed by atoms with Gasteiger partial charge in [0.05, 0.1) is 24.9 Å². The zero-order valence-corrected chi connectivity index (χ0v) is 10.1. The average molecular weight is 235 g/mol. The molecule has 0 saturated carbocycles. The molecule has 4 heteroatoms. The third-order valence-electron chi connectivity index (χ3n) is 3.28. The number of carbonyl (C=O) groups is 1. The minimum Gasteiger partial charge on any atom is -0.449 e. The van der Waals surface area contributed by atoms with Crippen molar-refractivity contribution in [2.45, 2.75) is 26.3 Å². The van der Waals surface area contributed by atoms with Crippen LogP contribution in [0.2, 0.25) is 0 Å². The lowest BCUT2D eigenvalue weighted by molar-refractivity contribution is 0.115. The van der Waals surface area contributed by atoms with E-state index in [9.17, 15) is 9.90 Å². The van der Waals surface area contributed by atoms with E-state index in [0.29, 0.717) is 13.0 Å². The number of aliphatic hydroxyl groups excluding tert-OH is 1. The number of hydrogen-bond acceptors (Lipinski definition) is 3. The summed E-state index contributed by atoms with van der Waals surface area (Å²) in [5, 5.41) is 9.35. The van der Waals surface area contributed by atoms with Crippen LogP contribution in [0.1, 0.15) is 17.5 Å². The number of anilines is 1. The first-order valence-corrected chi connectivity index (χ1v) is 5.78. The van der Waals surface area contributed by atoms with E-state index in [1.165, 1.54) is 0 Å². The number of aryl methyl sites for hydroxylation is 1. The van der Waals surface area contributed by atoms with E-state index in [1.807, 2.05) is 32.0 Å². The van der Waals surface area contributed by atoms with Gasteiger partial charge in [-0.2, -0.15) is 0 Å². The maximum atomic E-state index is 11.8. The second-order valence-corrected chi connectivity index (χ2v) is 4.33. The molecule has 1 fully saturated rings. The fraction of sp³-hybridized carbons (Fsp3) is 0.462. The first-order valence-electron chi connectivity index (χ1n) is 5.78. The quantitative estimate of drug-likeness (QED) is 0.853. The van der Waals surface area contributed by atoms with Crippen molar-refractivity contribution in [2.24, 2.45) is 0 Å². The Morgan fingerprint density at radius 1 is 1.47 bits per heavy atom. The van der Waals surface area contributed by atoms with Gasteiger partial charge in [0.1, 0.15) is 0 Å². The van der Waals surface area contributed by atoms with Gasteiger partial charge < -0.3 is 9.84 Å². The van der Waals surface area contributed by atoms with Gasteiger partial charge in [-0.05, 0) is 31.0 Å². The Labute approximate surface area is 101 Å². The molecular weight excluding hydrogens is 218 g/mol. The molecule has 1 aliphatic rings. The van der Waals surface area contributed by atoms with E-state index in [4.69, 9.17) is 4.74 Å². The fourth-order valence-corrected chi connectivity index (χ4v) is 2.09. The number of ether oxygens (including phenoxy) is 1. The molecule has 0 radical (unpaired) electrons. The van der Waals surface area contributed by atoms with Crippen LogP contribution >= 0.6 is 0 Å². The van der Waals surface area contributed by atoms with Crippen LogP contribution in [-0.4, -0.2) is 30.5 Å².